The Morgan fingerprint density at radius 3 is 2.63 bits per heavy atom. The monoisotopic (exact) mass is 359 g/mol. The smallest absolute Gasteiger partial charge is 0.227 e. The molecule has 4 nitrogen and oxygen atoms in total. The van der Waals surface area contributed by atoms with Crippen LogP contribution in [0.15, 0.2) is 48.5 Å². The number of aromatic nitrogens is 1. The van der Waals surface area contributed by atoms with Crippen LogP contribution in [0.1, 0.15) is 30.5 Å². The van der Waals surface area contributed by atoms with Gasteiger partial charge in [-0.1, -0.05) is 18.2 Å². The molecular formula is C23H25N3O. The molecule has 2 N–H and O–H groups in total. The van der Waals surface area contributed by atoms with Crippen molar-refractivity contribution in [3.8, 4) is 0 Å². The molecule has 5 rings (SSSR count). The number of carbonyl (C=O) groups excluding carboxylic acids is 1. The summed E-state index contributed by atoms with van der Waals surface area (Å²) in [6, 6.07) is 16.7. The summed E-state index contributed by atoms with van der Waals surface area (Å²) < 4.78 is 0. The number of amides is 1. The van der Waals surface area contributed by atoms with E-state index >= 15 is 0 Å². The summed E-state index contributed by atoms with van der Waals surface area (Å²) >= 11 is 0. The fourth-order valence-electron chi connectivity index (χ4n) is 4.57. The summed E-state index contributed by atoms with van der Waals surface area (Å²) in [6.07, 6.45) is 5.20. The van der Waals surface area contributed by atoms with Gasteiger partial charge in [-0.3, -0.25) is 4.79 Å². The second-order valence-electron chi connectivity index (χ2n) is 7.80. The molecule has 2 aromatic carbocycles. The molecule has 0 saturated carbocycles. The number of fused-ring (bicyclic) bond motifs is 3. The fourth-order valence-corrected chi connectivity index (χ4v) is 4.57. The topological polar surface area (TPSA) is 48.1 Å². The third-order valence-corrected chi connectivity index (χ3v) is 6.07. The summed E-state index contributed by atoms with van der Waals surface area (Å²) in [5.74, 6) is 0.176. The molecule has 1 fully saturated rings. The number of benzene rings is 2. The van der Waals surface area contributed by atoms with Crippen LogP contribution in [0.2, 0.25) is 0 Å². The molecule has 1 saturated heterocycles. The number of nitrogens with zero attached hydrogens (tertiary/aromatic N) is 1. The zero-order valence-electron chi connectivity index (χ0n) is 15.5. The molecule has 0 bridgehead atoms. The molecule has 27 heavy (non-hydrogen) atoms. The Morgan fingerprint density at radius 2 is 1.81 bits per heavy atom. The van der Waals surface area contributed by atoms with E-state index in [0.717, 1.165) is 38.0 Å². The van der Waals surface area contributed by atoms with Gasteiger partial charge in [0.2, 0.25) is 5.91 Å². The van der Waals surface area contributed by atoms with E-state index in [9.17, 15) is 4.79 Å². The SMILES string of the molecule is O=C(Nc1ccc(N2CCCC2)cc1)C1CCc2[nH]c3ccccc3c2C1. The van der Waals surface area contributed by atoms with Crippen LogP contribution < -0.4 is 10.2 Å². The van der Waals surface area contributed by atoms with Crippen molar-refractivity contribution in [3.63, 3.8) is 0 Å². The molecule has 1 unspecified atom stereocenters. The van der Waals surface area contributed by atoms with Gasteiger partial charge in [0.15, 0.2) is 0 Å². The van der Waals surface area contributed by atoms with Gasteiger partial charge in [0, 0.05) is 47.0 Å². The van der Waals surface area contributed by atoms with E-state index in [1.54, 1.807) is 0 Å². The lowest BCUT2D eigenvalue weighted by Crippen LogP contribution is -2.28. The summed E-state index contributed by atoms with van der Waals surface area (Å²) in [4.78, 5) is 18.8. The van der Waals surface area contributed by atoms with Gasteiger partial charge in [0.1, 0.15) is 0 Å². The highest BCUT2D eigenvalue weighted by Crippen LogP contribution is 2.32. The summed E-state index contributed by atoms with van der Waals surface area (Å²) in [7, 11) is 0. The van der Waals surface area contributed by atoms with Crippen LogP contribution in [0.4, 0.5) is 11.4 Å². The number of para-hydroxylation sites is 1. The first-order chi connectivity index (χ1) is 13.3. The van der Waals surface area contributed by atoms with Gasteiger partial charge >= 0.3 is 0 Å². The standard InChI is InChI=1S/C23H25N3O/c27-23(24-17-8-10-18(11-9-17)26-13-3-4-14-26)16-7-12-22-20(15-16)19-5-1-2-6-21(19)25-22/h1-2,5-6,8-11,16,25H,3-4,7,12-15H2,(H,24,27). The van der Waals surface area contributed by atoms with Crippen molar-refractivity contribution in [3.05, 3.63) is 59.8 Å². The Bertz CT molecular complexity index is 967. The van der Waals surface area contributed by atoms with Crippen LogP contribution in [0.25, 0.3) is 10.9 Å². The van der Waals surface area contributed by atoms with Crippen LogP contribution in [0.5, 0.6) is 0 Å². The maximum absolute atomic E-state index is 12.8. The molecule has 1 aromatic heterocycles. The van der Waals surface area contributed by atoms with Crippen LogP contribution in [0, 0.1) is 5.92 Å². The molecular weight excluding hydrogens is 334 g/mol. The Balaban J connectivity index is 1.29. The minimum absolute atomic E-state index is 0.0370. The van der Waals surface area contributed by atoms with E-state index in [-0.39, 0.29) is 11.8 Å². The lowest BCUT2D eigenvalue weighted by Gasteiger charge is -2.22. The highest BCUT2D eigenvalue weighted by atomic mass is 16.1. The van der Waals surface area contributed by atoms with E-state index in [0.29, 0.717) is 0 Å². The minimum atomic E-state index is 0.0370. The normalized spacial score (nSPS) is 19.3. The van der Waals surface area contributed by atoms with Crippen molar-refractivity contribution in [1.29, 1.82) is 0 Å². The van der Waals surface area contributed by atoms with Crippen LogP contribution in [-0.4, -0.2) is 24.0 Å². The summed E-state index contributed by atoms with van der Waals surface area (Å²) in [5, 5.41) is 4.40. The lowest BCUT2D eigenvalue weighted by atomic mass is 9.86. The van der Waals surface area contributed by atoms with Gasteiger partial charge < -0.3 is 15.2 Å². The lowest BCUT2D eigenvalue weighted by molar-refractivity contribution is -0.120. The molecule has 1 aliphatic heterocycles. The maximum Gasteiger partial charge on any atom is 0.227 e. The summed E-state index contributed by atoms with van der Waals surface area (Å²) in [6.45, 7) is 2.28. The first-order valence-electron chi connectivity index (χ1n) is 10.0. The van der Waals surface area contributed by atoms with Crippen molar-refractivity contribution in [1.82, 2.24) is 4.98 Å². The van der Waals surface area contributed by atoms with E-state index in [1.807, 2.05) is 12.1 Å². The van der Waals surface area contributed by atoms with E-state index in [4.69, 9.17) is 0 Å². The van der Waals surface area contributed by atoms with Gasteiger partial charge in [-0.25, -0.2) is 0 Å². The number of carbonyl (C=O) groups is 1. The molecule has 2 heterocycles. The average molecular weight is 359 g/mol. The van der Waals surface area contributed by atoms with Crippen LogP contribution in [0.3, 0.4) is 0 Å². The number of nitrogens with one attached hydrogen (secondary N) is 2. The molecule has 1 amide bonds. The number of anilines is 2. The molecule has 138 valence electrons. The Labute approximate surface area is 159 Å². The number of hydrogen-bond donors (Lipinski definition) is 2. The predicted octanol–water partition coefficient (Wildman–Crippen LogP) is 4.51. The quantitative estimate of drug-likeness (QED) is 0.723. The Hall–Kier alpha value is -2.75. The van der Waals surface area contributed by atoms with Crippen molar-refractivity contribution in [2.75, 3.05) is 23.3 Å². The number of aromatic amines is 1. The number of H-pyrrole nitrogens is 1. The van der Waals surface area contributed by atoms with Gasteiger partial charge in [-0.2, -0.15) is 0 Å². The summed E-state index contributed by atoms with van der Waals surface area (Å²) in [5.41, 5.74) is 5.96. The van der Waals surface area contributed by atoms with Crippen molar-refractivity contribution in [2.45, 2.75) is 32.1 Å². The maximum atomic E-state index is 12.8. The first kappa shape index (κ1) is 16.4. The van der Waals surface area contributed by atoms with Gasteiger partial charge in [0.25, 0.3) is 0 Å². The van der Waals surface area contributed by atoms with E-state index < -0.39 is 0 Å². The third kappa shape index (κ3) is 3.09. The van der Waals surface area contributed by atoms with Gasteiger partial charge in [-0.15, -0.1) is 0 Å². The Kier molecular flexibility index (Phi) is 4.12. The zero-order valence-corrected chi connectivity index (χ0v) is 15.5. The molecule has 2 aliphatic rings. The first-order valence-corrected chi connectivity index (χ1v) is 10.0. The van der Waals surface area contributed by atoms with Crippen molar-refractivity contribution in [2.24, 2.45) is 5.92 Å². The van der Waals surface area contributed by atoms with Crippen molar-refractivity contribution < 1.29 is 4.79 Å². The Morgan fingerprint density at radius 1 is 1.04 bits per heavy atom. The van der Waals surface area contributed by atoms with E-state index in [1.165, 1.54) is 40.7 Å². The fraction of sp³-hybridized carbons (Fsp3) is 0.348. The van der Waals surface area contributed by atoms with Crippen LogP contribution in [-0.2, 0) is 17.6 Å². The molecule has 0 spiro atoms. The predicted molar refractivity (Wildman–Crippen MR) is 110 cm³/mol. The van der Waals surface area contributed by atoms with Gasteiger partial charge in [-0.05, 0) is 68.0 Å². The largest absolute Gasteiger partial charge is 0.372 e. The van der Waals surface area contributed by atoms with Crippen LogP contribution >= 0.6 is 0 Å². The molecule has 0 radical (unpaired) electrons. The third-order valence-electron chi connectivity index (χ3n) is 6.07. The molecule has 3 aromatic rings. The highest BCUT2D eigenvalue weighted by molar-refractivity contribution is 5.94. The zero-order chi connectivity index (χ0) is 18.2. The number of aryl methyl sites for hydroxylation is 1. The average Bonchev–Trinajstić information content (AvgIpc) is 3.36. The number of rotatable bonds is 3. The molecule has 4 heteroatoms. The second-order valence-corrected chi connectivity index (χ2v) is 7.80. The molecule has 1 aliphatic carbocycles. The van der Waals surface area contributed by atoms with E-state index in [2.05, 4.69) is 51.6 Å². The number of hydrogen-bond acceptors (Lipinski definition) is 2. The minimum Gasteiger partial charge on any atom is -0.372 e. The van der Waals surface area contributed by atoms with Gasteiger partial charge in [0.05, 0.1) is 0 Å². The second kappa shape index (κ2) is 6.76. The highest BCUT2D eigenvalue weighted by Gasteiger charge is 2.27. The van der Waals surface area contributed by atoms with Crippen molar-refractivity contribution >= 4 is 28.2 Å². The molecule has 1 atom stereocenters.